The Labute approximate surface area is 130 Å². The van der Waals surface area contributed by atoms with Gasteiger partial charge < -0.3 is 4.57 Å². The van der Waals surface area contributed by atoms with Gasteiger partial charge in [-0.05, 0) is 38.3 Å². The topological polar surface area (TPSA) is 22.0 Å². The number of aromatic nitrogens is 1. The highest BCUT2D eigenvalue weighted by Crippen LogP contribution is 2.38. The van der Waals surface area contributed by atoms with E-state index in [9.17, 15) is 4.79 Å². The molecule has 110 valence electrons. The van der Waals surface area contributed by atoms with E-state index < -0.39 is 0 Å². The van der Waals surface area contributed by atoms with E-state index in [0.717, 1.165) is 17.0 Å². The fourth-order valence-electron chi connectivity index (χ4n) is 2.87. The maximum atomic E-state index is 12.4. The van der Waals surface area contributed by atoms with Crippen molar-refractivity contribution in [3.8, 4) is 0 Å². The highest BCUT2D eigenvalue weighted by molar-refractivity contribution is 7.99. The number of Topliss-reactive ketones (excluding diaryl/α,β-unsaturated/α-hetero) is 1. The Morgan fingerprint density at radius 1 is 1.24 bits per heavy atom. The van der Waals surface area contributed by atoms with Gasteiger partial charge in [-0.25, -0.2) is 0 Å². The lowest BCUT2D eigenvalue weighted by Gasteiger charge is -2.07. The van der Waals surface area contributed by atoms with Crippen molar-refractivity contribution in [2.75, 3.05) is 5.75 Å². The Morgan fingerprint density at radius 3 is 2.62 bits per heavy atom. The van der Waals surface area contributed by atoms with Crippen LogP contribution in [-0.4, -0.2) is 16.1 Å². The molecule has 2 aromatic rings. The van der Waals surface area contributed by atoms with Crippen molar-refractivity contribution in [1.29, 1.82) is 0 Å². The molecule has 3 heteroatoms. The van der Waals surface area contributed by atoms with Crippen molar-refractivity contribution in [2.45, 2.75) is 38.5 Å². The van der Waals surface area contributed by atoms with E-state index in [-0.39, 0.29) is 5.78 Å². The lowest BCUT2D eigenvalue weighted by Crippen LogP contribution is -2.06. The summed E-state index contributed by atoms with van der Waals surface area (Å²) in [5.74, 6) is 1.72. The predicted octanol–water partition coefficient (Wildman–Crippen LogP) is 4.56. The molecule has 0 N–H and O–H groups in total. The second kappa shape index (κ2) is 6.10. The molecule has 0 saturated heterocycles. The summed E-state index contributed by atoms with van der Waals surface area (Å²) in [6.07, 6.45) is 2.51. The minimum absolute atomic E-state index is 0.260. The Balaban J connectivity index is 1.62. The van der Waals surface area contributed by atoms with Crippen molar-refractivity contribution < 1.29 is 4.79 Å². The van der Waals surface area contributed by atoms with Crippen LogP contribution in [0.4, 0.5) is 0 Å². The van der Waals surface area contributed by atoms with Crippen molar-refractivity contribution in [1.82, 2.24) is 4.57 Å². The zero-order valence-corrected chi connectivity index (χ0v) is 13.5. The Morgan fingerprint density at radius 2 is 1.95 bits per heavy atom. The van der Waals surface area contributed by atoms with Gasteiger partial charge >= 0.3 is 0 Å². The first kappa shape index (κ1) is 14.5. The summed E-state index contributed by atoms with van der Waals surface area (Å²) in [7, 11) is 0. The fourth-order valence-corrected chi connectivity index (χ4v) is 3.74. The Bertz CT molecular complexity index is 641. The van der Waals surface area contributed by atoms with Crippen molar-refractivity contribution >= 4 is 17.5 Å². The summed E-state index contributed by atoms with van der Waals surface area (Å²) < 4.78 is 2.34. The Hall–Kier alpha value is -1.48. The van der Waals surface area contributed by atoms with Crippen LogP contribution in [0.25, 0.3) is 0 Å². The summed E-state index contributed by atoms with van der Waals surface area (Å²) >= 11 is 1.70. The molecule has 0 atom stereocenters. The summed E-state index contributed by atoms with van der Waals surface area (Å²) in [6.45, 7) is 4.19. The van der Waals surface area contributed by atoms with Crippen molar-refractivity contribution in [3.63, 3.8) is 0 Å². The minimum atomic E-state index is 0.260. The van der Waals surface area contributed by atoms with Gasteiger partial charge in [-0.3, -0.25) is 4.79 Å². The molecule has 1 fully saturated rings. The maximum Gasteiger partial charge on any atom is 0.174 e. The number of benzene rings is 1. The van der Waals surface area contributed by atoms with Crippen LogP contribution >= 0.6 is 11.8 Å². The normalized spacial score (nSPS) is 14.4. The molecule has 1 aliphatic rings. The summed E-state index contributed by atoms with van der Waals surface area (Å²) in [5, 5.41) is 0. The standard InChI is InChI=1S/C18H21NOS/c1-13-10-17(14(2)19(13)16-8-9-16)18(20)12-21-11-15-6-4-3-5-7-15/h3-7,10,16H,8-9,11-12H2,1-2H3. The first-order valence-corrected chi connectivity index (χ1v) is 8.65. The van der Waals surface area contributed by atoms with Gasteiger partial charge in [0.25, 0.3) is 0 Å². The molecule has 0 aliphatic heterocycles. The number of ketones is 1. The number of nitrogens with zero attached hydrogens (tertiary/aromatic N) is 1. The number of carbonyl (C=O) groups excluding carboxylic acids is 1. The van der Waals surface area contributed by atoms with Gasteiger partial charge in [-0.15, -0.1) is 11.8 Å². The van der Waals surface area contributed by atoms with Crippen LogP contribution in [0.5, 0.6) is 0 Å². The molecule has 0 amide bonds. The maximum absolute atomic E-state index is 12.4. The van der Waals surface area contributed by atoms with Gasteiger partial charge in [0.2, 0.25) is 0 Å². The number of hydrogen-bond acceptors (Lipinski definition) is 2. The molecule has 3 rings (SSSR count). The quantitative estimate of drug-likeness (QED) is 0.730. The molecule has 0 bridgehead atoms. The third kappa shape index (κ3) is 3.24. The van der Waals surface area contributed by atoms with Crippen LogP contribution in [0.1, 0.15) is 46.2 Å². The molecule has 1 heterocycles. The molecule has 1 aliphatic carbocycles. The van der Waals surface area contributed by atoms with Gasteiger partial charge in [-0.1, -0.05) is 30.3 Å². The monoisotopic (exact) mass is 299 g/mol. The lowest BCUT2D eigenvalue weighted by atomic mass is 10.2. The second-order valence-corrected chi connectivity index (χ2v) is 6.77. The lowest BCUT2D eigenvalue weighted by molar-refractivity contribution is 0.102. The summed E-state index contributed by atoms with van der Waals surface area (Å²) in [4.78, 5) is 12.4. The predicted molar refractivity (Wildman–Crippen MR) is 89.1 cm³/mol. The average Bonchev–Trinajstić information content (AvgIpc) is 3.26. The van der Waals surface area contributed by atoms with Crippen molar-refractivity contribution in [3.05, 3.63) is 58.9 Å². The van der Waals surface area contributed by atoms with E-state index in [1.807, 2.05) is 18.2 Å². The first-order valence-electron chi connectivity index (χ1n) is 7.50. The smallest absolute Gasteiger partial charge is 0.174 e. The number of rotatable bonds is 6. The molecular formula is C18H21NOS. The number of hydrogen-bond donors (Lipinski definition) is 0. The zero-order chi connectivity index (χ0) is 14.8. The van der Waals surface area contributed by atoms with Crippen LogP contribution < -0.4 is 0 Å². The van der Waals surface area contributed by atoms with Crippen LogP contribution in [0.15, 0.2) is 36.4 Å². The number of thioether (sulfide) groups is 1. The zero-order valence-electron chi connectivity index (χ0n) is 12.6. The first-order chi connectivity index (χ1) is 10.2. The van der Waals surface area contributed by atoms with E-state index in [4.69, 9.17) is 0 Å². The summed E-state index contributed by atoms with van der Waals surface area (Å²) in [5.41, 5.74) is 4.57. The molecular weight excluding hydrogens is 278 g/mol. The van der Waals surface area contributed by atoms with Gasteiger partial charge in [0.15, 0.2) is 5.78 Å². The summed E-state index contributed by atoms with van der Waals surface area (Å²) in [6, 6.07) is 13.0. The Kier molecular flexibility index (Phi) is 4.20. The molecule has 21 heavy (non-hydrogen) atoms. The molecule has 1 aromatic carbocycles. The molecule has 1 saturated carbocycles. The number of carbonyl (C=O) groups is 1. The van der Waals surface area contributed by atoms with Crippen LogP contribution in [0, 0.1) is 13.8 Å². The molecule has 0 spiro atoms. The number of aryl methyl sites for hydroxylation is 1. The van der Waals surface area contributed by atoms with Crippen LogP contribution in [0.3, 0.4) is 0 Å². The van der Waals surface area contributed by atoms with E-state index in [2.05, 4.69) is 36.6 Å². The van der Waals surface area contributed by atoms with Gasteiger partial charge in [0.1, 0.15) is 0 Å². The highest BCUT2D eigenvalue weighted by Gasteiger charge is 2.28. The minimum Gasteiger partial charge on any atom is -0.345 e. The molecule has 1 aromatic heterocycles. The van der Waals surface area contributed by atoms with E-state index in [0.29, 0.717) is 11.8 Å². The highest BCUT2D eigenvalue weighted by atomic mass is 32.2. The van der Waals surface area contributed by atoms with Gasteiger partial charge in [-0.2, -0.15) is 0 Å². The second-order valence-electron chi connectivity index (χ2n) is 5.79. The fraction of sp³-hybridized carbons (Fsp3) is 0.389. The molecule has 0 unspecified atom stereocenters. The van der Waals surface area contributed by atoms with Crippen LogP contribution in [-0.2, 0) is 5.75 Å². The largest absolute Gasteiger partial charge is 0.345 e. The van der Waals surface area contributed by atoms with Gasteiger partial charge in [0.05, 0.1) is 5.75 Å². The van der Waals surface area contributed by atoms with Gasteiger partial charge in [0, 0.05) is 28.7 Å². The van der Waals surface area contributed by atoms with E-state index >= 15 is 0 Å². The van der Waals surface area contributed by atoms with E-state index in [1.165, 1.54) is 24.1 Å². The van der Waals surface area contributed by atoms with Crippen molar-refractivity contribution in [2.24, 2.45) is 0 Å². The molecule has 0 radical (unpaired) electrons. The SMILES string of the molecule is Cc1cc(C(=O)CSCc2ccccc2)c(C)n1C1CC1. The third-order valence-corrected chi connectivity index (χ3v) is 5.05. The third-order valence-electron chi connectivity index (χ3n) is 4.04. The average molecular weight is 299 g/mol. The van der Waals surface area contributed by atoms with E-state index in [1.54, 1.807) is 11.8 Å². The van der Waals surface area contributed by atoms with Crippen LogP contribution in [0.2, 0.25) is 0 Å². The molecule has 2 nitrogen and oxygen atoms in total.